The zero-order valence-corrected chi connectivity index (χ0v) is 16.2. The molecule has 24 heavy (non-hydrogen) atoms. The predicted octanol–water partition coefficient (Wildman–Crippen LogP) is 3.11. The molecule has 0 radical (unpaired) electrons. The molecule has 0 aliphatic carbocycles. The molecule has 0 saturated carbocycles. The lowest BCUT2D eigenvalue weighted by atomic mass is 10.4. The molecular weight excluding hydrogens is 417 g/mol. The van der Waals surface area contributed by atoms with Crippen LogP contribution >= 0.6 is 24.0 Å². The van der Waals surface area contributed by atoms with Gasteiger partial charge < -0.3 is 19.5 Å². The summed E-state index contributed by atoms with van der Waals surface area (Å²) >= 11 is 0. The molecule has 0 saturated heterocycles. The molecule has 128 valence electrons. The van der Waals surface area contributed by atoms with E-state index in [4.69, 9.17) is 4.42 Å². The number of halogens is 1. The highest BCUT2D eigenvalue weighted by Crippen LogP contribution is 2.09. The van der Waals surface area contributed by atoms with Crippen LogP contribution in [-0.4, -0.2) is 21.9 Å². The summed E-state index contributed by atoms with van der Waals surface area (Å²) in [5.41, 5.74) is 3.05. The van der Waals surface area contributed by atoms with Crippen molar-refractivity contribution in [2.75, 3.05) is 6.54 Å². The Balaban J connectivity index is 0.00000208. The van der Waals surface area contributed by atoms with E-state index in [0.717, 1.165) is 35.3 Å². The molecular formula is C17H22IN5O. The fourth-order valence-electron chi connectivity index (χ4n) is 2.36. The molecule has 0 unspecified atom stereocenters. The van der Waals surface area contributed by atoms with Gasteiger partial charge in [0.25, 0.3) is 0 Å². The van der Waals surface area contributed by atoms with Crippen molar-refractivity contribution in [3.8, 4) is 0 Å². The number of nitrogens with zero attached hydrogens (tertiary/aromatic N) is 3. The summed E-state index contributed by atoms with van der Waals surface area (Å²) in [7, 11) is 0. The summed E-state index contributed by atoms with van der Waals surface area (Å²) in [6.07, 6.45) is 3.70. The van der Waals surface area contributed by atoms with Crippen LogP contribution in [0, 0.1) is 6.92 Å². The number of nitrogens with one attached hydrogen (secondary N) is 2. The van der Waals surface area contributed by atoms with Gasteiger partial charge in [-0.15, -0.1) is 24.0 Å². The van der Waals surface area contributed by atoms with Gasteiger partial charge in [0.05, 0.1) is 25.0 Å². The van der Waals surface area contributed by atoms with Crippen LogP contribution in [-0.2, 0) is 13.1 Å². The Bertz CT molecular complexity index is 795. The molecule has 7 heteroatoms. The van der Waals surface area contributed by atoms with Crippen molar-refractivity contribution in [1.82, 2.24) is 20.0 Å². The average molecular weight is 439 g/mol. The van der Waals surface area contributed by atoms with E-state index >= 15 is 0 Å². The fraction of sp³-hybridized carbons (Fsp3) is 0.294. The minimum atomic E-state index is 0. The van der Waals surface area contributed by atoms with E-state index in [9.17, 15) is 0 Å². The second kappa shape index (κ2) is 8.72. The van der Waals surface area contributed by atoms with E-state index in [2.05, 4.69) is 38.0 Å². The lowest BCUT2D eigenvalue weighted by Gasteiger charge is -2.09. The smallest absolute Gasteiger partial charge is 0.192 e. The molecule has 0 aromatic carbocycles. The van der Waals surface area contributed by atoms with Crippen molar-refractivity contribution in [2.45, 2.75) is 26.9 Å². The molecule has 0 fully saturated rings. The van der Waals surface area contributed by atoms with Crippen LogP contribution < -0.4 is 10.6 Å². The molecule has 3 aromatic heterocycles. The highest BCUT2D eigenvalue weighted by Gasteiger charge is 2.04. The van der Waals surface area contributed by atoms with Gasteiger partial charge in [0, 0.05) is 18.4 Å². The summed E-state index contributed by atoms with van der Waals surface area (Å²) in [6.45, 7) is 6.03. The molecule has 0 spiro atoms. The average Bonchev–Trinajstić information content (AvgIpc) is 3.20. The standard InChI is InChI=1S/C17H21N5O.HI/c1-3-18-17(20-11-15-7-5-9-23-15)19-10-14-12-22-13(2)6-4-8-16(22)21-14;/h4-9,12H,3,10-11H2,1-2H3,(H2,18,19,20);1H. The Morgan fingerprint density at radius 2 is 2.12 bits per heavy atom. The van der Waals surface area contributed by atoms with E-state index in [1.165, 1.54) is 0 Å². The van der Waals surface area contributed by atoms with Crippen LogP contribution in [0.4, 0.5) is 0 Å². The molecule has 3 rings (SSSR count). The SMILES string of the molecule is CCNC(=NCc1cn2c(C)cccc2n1)NCc1ccco1.I. The molecule has 0 atom stereocenters. The maximum Gasteiger partial charge on any atom is 0.192 e. The van der Waals surface area contributed by atoms with Gasteiger partial charge in [0.15, 0.2) is 5.96 Å². The molecule has 0 aliphatic rings. The van der Waals surface area contributed by atoms with Gasteiger partial charge in [0.2, 0.25) is 0 Å². The van der Waals surface area contributed by atoms with Crippen LogP contribution in [0.1, 0.15) is 24.1 Å². The van der Waals surface area contributed by atoms with E-state index in [-0.39, 0.29) is 24.0 Å². The molecule has 0 aliphatic heterocycles. The number of guanidine groups is 1. The zero-order chi connectivity index (χ0) is 16.1. The van der Waals surface area contributed by atoms with Crippen LogP contribution in [0.25, 0.3) is 5.65 Å². The van der Waals surface area contributed by atoms with E-state index in [1.54, 1.807) is 6.26 Å². The normalized spacial score (nSPS) is 11.3. The Hall–Kier alpha value is -2.03. The number of furan rings is 1. The topological polar surface area (TPSA) is 66.9 Å². The van der Waals surface area contributed by atoms with Gasteiger partial charge in [-0.05, 0) is 38.1 Å². The first-order chi connectivity index (χ1) is 11.3. The van der Waals surface area contributed by atoms with Crippen molar-refractivity contribution in [3.05, 3.63) is 59.9 Å². The van der Waals surface area contributed by atoms with Crippen molar-refractivity contribution in [2.24, 2.45) is 4.99 Å². The van der Waals surface area contributed by atoms with Crippen LogP contribution in [0.2, 0.25) is 0 Å². The number of aliphatic imine (C=N–C) groups is 1. The third-order valence-electron chi connectivity index (χ3n) is 3.50. The van der Waals surface area contributed by atoms with Crippen molar-refractivity contribution < 1.29 is 4.42 Å². The lowest BCUT2D eigenvalue weighted by molar-refractivity contribution is 0.501. The molecule has 3 heterocycles. The first kappa shape index (κ1) is 18.3. The third-order valence-corrected chi connectivity index (χ3v) is 3.50. The Morgan fingerprint density at radius 1 is 1.25 bits per heavy atom. The van der Waals surface area contributed by atoms with Gasteiger partial charge in [-0.3, -0.25) is 0 Å². The Kier molecular flexibility index (Phi) is 6.65. The van der Waals surface area contributed by atoms with E-state index < -0.39 is 0 Å². The zero-order valence-electron chi connectivity index (χ0n) is 13.8. The number of hydrogen-bond acceptors (Lipinski definition) is 3. The minimum Gasteiger partial charge on any atom is -0.467 e. The first-order valence-corrected chi connectivity index (χ1v) is 7.74. The summed E-state index contributed by atoms with van der Waals surface area (Å²) in [5, 5.41) is 6.47. The van der Waals surface area contributed by atoms with Gasteiger partial charge >= 0.3 is 0 Å². The maximum atomic E-state index is 5.32. The fourth-order valence-corrected chi connectivity index (χ4v) is 2.36. The van der Waals surface area contributed by atoms with Crippen molar-refractivity contribution >= 4 is 35.6 Å². The molecule has 0 bridgehead atoms. The van der Waals surface area contributed by atoms with E-state index in [1.807, 2.05) is 37.4 Å². The number of hydrogen-bond donors (Lipinski definition) is 2. The molecule has 3 aromatic rings. The molecule has 0 amide bonds. The number of aromatic nitrogens is 2. The van der Waals surface area contributed by atoms with Gasteiger partial charge in [-0.2, -0.15) is 0 Å². The Labute approximate surface area is 158 Å². The maximum absolute atomic E-state index is 5.32. The van der Waals surface area contributed by atoms with Crippen molar-refractivity contribution in [1.29, 1.82) is 0 Å². The molecule has 2 N–H and O–H groups in total. The van der Waals surface area contributed by atoms with Crippen molar-refractivity contribution in [3.63, 3.8) is 0 Å². The lowest BCUT2D eigenvalue weighted by Crippen LogP contribution is -2.36. The van der Waals surface area contributed by atoms with Gasteiger partial charge in [-0.25, -0.2) is 9.98 Å². The van der Waals surface area contributed by atoms with Crippen LogP contribution in [0.5, 0.6) is 0 Å². The third kappa shape index (κ3) is 4.50. The number of pyridine rings is 1. The minimum absolute atomic E-state index is 0. The van der Waals surface area contributed by atoms with Gasteiger partial charge in [-0.1, -0.05) is 6.07 Å². The number of fused-ring (bicyclic) bond motifs is 1. The van der Waals surface area contributed by atoms with E-state index in [0.29, 0.717) is 13.1 Å². The van der Waals surface area contributed by atoms with Crippen LogP contribution in [0.3, 0.4) is 0 Å². The monoisotopic (exact) mass is 439 g/mol. The number of rotatable bonds is 5. The van der Waals surface area contributed by atoms with Crippen LogP contribution in [0.15, 0.2) is 52.2 Å². The highest BCUT2D eigenvalue weighted by molar-refractivity contribution is 14.0. The second-order valence-electron chi connectivity index (χ2n) is 5.26. The second-order valence-corrected chi connectivity index (χ2v) is 5.26. The predicted molar refractivity (Wildman–Crippen MR) is 106 cm³/mol. The quantitative estimate of drug-likeness (QED) is 0.364. The summed E-state index contributed by atoms with van der Waals surface area (Å²) in [6, 6.07) is 9.89. The van der Waals surface area contributed by atoms with Gasteiger partial charge in [0.1, 0.15) is 11.4 Å². The number of imidazole rings is 1. The highest BCUT2D eigenvalue weighted by atomic mass is 127. The number of aryl methyl sites for hydroxylation is 1. The molecule has 6 nitrogen and oxygen atoms in total. The summed E-state index contributed by atoms with van der Waals surface area (Å²) in [5.74, 6) is 1.62. The first-order valence-electron chi connectivity index (χ1n) is 7.74. The summed E-state index contributed by atoms with van der Waals surface area (Å²) < 4.78 is 7.39. The largest absolute Gasteiger partial charge is 0.467 e. The summed E-state index contributed by atoms with van der Waals surface area (Å²) in [4.78, 5) is 9.18. The Morgan fingerprint density at radius 3 is 2.83 bits per heavy atom.